The molecular formula is C44H48Cl2SiZr-4. The topological polar surface area (TPSA) is 0 Å². The molecule has 0 nitrogen and oxygen atoms in total. The summed E-state index contributed by atoms with van der Waals surface area (Å²) in [6.45, 7) is 16.5. The van der Waals surface area contributed by atoms with Crippen molar-refractivity contribution in [3.8, 4) is 22.3 Å². The Labute approximate surface area is 319 Å². The SMILES string of the molecule is CC(C)c1cc2c(-c3ccc(C(C)(C)C)cc3)cccc2[cH-]1.Cc1cc2c(-c3cccc4ccccc34)cccc2[cH-]1.Cl.Cl.[CH3-].[CH3-].[Si]=[Zr]. The van der Waals surface area contributed by atoms with Crippen LogP contribution in [0.2, 0.25) is 0 Å². The normalized spacial score (nSPS) is 10.4. The number of hydrogen-bond acceptors (Lipinski definition) is 0. The van der Waals surface area contributed by atoms with Gasteiger partial charge in [0.05, 0.1) is 0 Å². The summed E-state index contributed by atoms with van der Waals surface area (Å²) in [5.41, 5.74) is 9.63. The van der Waals surface area contributed by atoms with E-state index in [0.717, 1.165) is 0 Å². The van der Waals surface area contributed by atoms with Gasteiger partial charge in [0.25, 0.3) is 0 Å². The van der Waals surface area contributed by atoms with Crippen LogP contribution in [-0.2, 0) is 28.8 Å². The molecule has 0 aliphatic carbocycles. The maximum absolute atomic E-state index is 3.06. The molecule has 48 heavy (non-hydrogen) atoms. The Morgan fingerprint density at radius 2 is 1.08 bits per heavy atom. The van der Waals surface area contributed by atoms with Crippen molar-refractivity contribution in [2.75, 3.05) is 0 Å². The number of fused-ring (bicyclic) bond motifs is 3. The molecule has 0 saturated heterocycles. The molecule has 0 aromatic heterocycles. The van der Waals surface area contributed by atoms with E-state index >= 15 is 0 Å². The van der Waals surface area contributed by atoms with E-state index in [0.29, 0.717) is 5.92 Å². The summed E-state index contributed by atoms with van der Waals surface area (Å²) >= 11 is 1.36. The van der Waals surface area contributed by atoms with Crippen molar-refractivity contribution in [1.82, 2.24) is 0 Å². The van der Waals surface area contributed by atoms with Crippen molar-refractivity contribution in [3.05, 3.63) is 159 Å². The van der Waals surface area contributed by atoms with E-state index in [-0.39, 0.29) is 45.1 Å². The van der Waals surface area contributed by atoms with Gasteiger partial charge in [-0.15, -0.1) is 93.9 Å². The van der Waals surface area contributed by atoms with Gasteiger partial charge in [0.2, 0.25) is 0 Å². The van der Waals surface area contributed by atoms with Crippen LogP contribution in [0.5, 0.6) is 0 Å². The molecule has 0 unspecified atom stereocenters. The summed E-state index contributed by atoms with van der Waals surface area (Å²) in [6, 6.07) is 46.6. The first-order valence-corrected chi connectivity index (χ1v) is 19.6. The standard InChI is InChI=1S/C22H25.C20H15.2CH3.2ClH.Si.Zr/c1-15(2)18-13-17-7-6-8-20(21(17)14-18)16-9-11-19(12-10-16)22(3,4)5;1-14-12-16-8-5-11-19(20(16)13-14)18-10-4-7-15-6-2-3-9-17(15)18;;;;;;/h6-15H,1-5H3;2-13H,1H3;2*1H3;2*1H;;/q4*-1;;;;. The molecule has 0 heterocycles. The van der Waals surface area contributed by atoms with Crippen LogP contribution in [0.25, 0.3) is 54.6 Å². The van der Waals surface area contributed by atoms with Crippen LogP contribution in [0.15, 0.2) is 127 Å². The van der Waals surface area contributed by atoms with Crippen LogP contribution in [0, 0.1) is 21.8 Å². The van der Waals surface area contributed by atoms with Gasteiger partial charge in [0.15, 0.2) is 0 Å². The molecule has 0 aliphatic heterocycles. The van der Waals surface area contributed by atoms with Gasteiger partial charge in [-0.2, -0.15) is 12.1 Å². The Bertz CT molecular complexity index is 2020. The molecule has 7 aromatic rings. The van der Waals surface area contributed by atoms with Crippen molar-refractivity contribution < 1.29 is 23.3 Å². The molecule has 0 saturated carbocycles. The molecule has 0 atom stereocenters. The van der Waals surface area contributed by atoms with Crippen LogP contribution >= 0.6 is 24.8 Å². The number of halogens is 2. The summed E-state index contributed by atoms with van der Waals surface area (Å²) in [5, 5.41) is 8.01. The fraction of sp³-hybridized carbons (Fsp3) is 0.182. The van der Waals surface area contributed by atoms with Gasteiger partial charge in [-0.1, -0.05) is 132 Å². The van der Waals surface area contributed by atoms with Crippen molar-refractivity contribution in [1.29, 1.82) is 0 Å². The quantitative estimate of drug-likeness (QED) is 0.124. The van der Waals surface area contributed by atoms with Gasteiger partial charge in [0.1, 0.15) is 0 Å². The van der Waals surface area contributed by atoms with Crippen molar-refractivity contribution in [3.63, 3.8) is 0 Å². The summed E-state index contributed by atoms with van der Waals surface area (Å²) in [6.07, 6.45) is 0. The molecule has 0 spiro atoms. The zero-order chi connectivity index (χ0) is 31.4. The summed E-state index contributed by atoms with van der Waals surface area (Å²) in [5.74, 6) is 0.573. The van der Waals surface area contributed by atoms with Crippen LogP contribution in [-0.4, -0.2) is 6.88 Å². The van der Waals surface area contributed by atoms with Crippen LogP contribution in [0.1, 0.15) is 57.2 Å². The fourth-order valence-corrected chi connectivity index (χ4v) is 6.07. The molecular weight excluding hydrogens is 719 g/mol. The second-order valence-corrected chi connectivity index (χ2v) is 12.9. The van der Waals surface area contributed by atoms with Gasteiger partial charge in [-0.25, -0.2) is 0 Å². The molecule has 0 N–H and O–H groups in total. The van der Waals surface area contributed by atoms with Gasteiger partial charge < -0.3 is 14.9 Å². The zero-order valence-corrected chi connectivity index (χ0v) is 34.6. The molecule has 0 fully saturated rings. The van der Waals surface area contributed by atoms with E-state index in [1.54, 1.807) is 0 Å². The first-order valence-electron chi connectivity index (χ1n) is 15.4. The number of benzene rings is 5. The van der Waals surface area contributed by atoms with Gasteiger partial charge >= 0.3 is 30.2 Å². The molecule has 4 heteroatoms. The molecule has 0 amide bonds. The van der Waals surface area contributed by atoms with E-state index in [1.165, 1.54) is 94.6 Å². The number of rotatable bonds is 3. The Hall–Kier alpha value is -2.74. The second-order valence-electron chi connectivity index (χ2n) is 12.9. The monoisotopic (exact) mass is 764 g/mol. The summed E-state index contributed by atoms with van der Waals surface area (Å²) < 4.78 is 0. The maximum atomic E-state index is 3.06. The molecule has 0 bridgehead atoms. The van der Waals surface area contributed by atoms with E-state index < -0.39 is 0 Å². The van der Waals surface area contributed by atoms with Crippen LogP contribution < -0.4 is 0 Å². The second kappa shape index (κ2) is 18.9. The van der Waals surface area contributed by atoms with E-state index in [1.807, 2.05) is 0 Å². The average molecular weight is 767 g/mol. The molecule has 250 valence electrons. The molecule has 7 aromatic carbocycles. The Morgan fingerprint density at radius 3 is 1.69 bits per heavy atom. The van der Waals surface area contributed by atoms with Crippen molar-refractivity contribution in [2.24, 2.45) is 0 Å². The minimum atomic E-state index is 0. The Morgan fingerprint density at radius 1 is 0.583 bits per heavy atom. The number of aryl methyl sites for hydroxylation is 1. The third-order valence-electron chi connectivity index (χ3n) is 8.48. The average Bonchev–Trinajstić information content (AvgIpc) is 3.65. The summed E-state index contributed by atoms with van der Waals surface area (Å²) in [7, 11) is 0. The molecule has 2 radical (unpaired) electrons. The fourth-order valence-electron chi connectivity index (χ4n) is 6.07. The molecule has 0 aliphatic rings. The predicted molar refractivity (Wildman–Crippen MR) is 218 cm³/mol. The number of hydrogen-bond donors (Lipinski definition) is 0. The van der Waals surface area contributed by atoms with E-state index in [2.05, 4.69) is 176 Å². The van der Waals surface area contributed by atoms with Gasteiger partial charge in [-0.3, -0.25) is 0 Å². The zero-order valence-electron chi connectivity index (χ0n) is 29.5. The Balaban J connectivity index is 0.000000424. The van der Waals surface area contributed by atoms with Crippen LogP contribution in [0.3, 0.4) is 0 Å². The van der Waals surface area contributed by atoms with Crippen molar-refractivity contribution in [2.45, 2.75) is 52.9 Å². The van der Waals surface area contributed by atoms with Crippen LogP contribution in [0.4, 0.5) is 0 Å². The predicted octanol–water partition coefficient (Wildman–Crippen LogP) is 13.7. The van der Waals surface area contributed by atoms with E-state index in [9.17, 15) is 0 Å². The van der Waals surface area contributed by atoms with Gasteiger partial charge in [0, 0.05) is 0 Å². The first-order chi connectivity index (χ1) is 21.2. The minimum absolute atomic E-state index is 0. The summed E-state index contributed by atoms with van der Waals surface area (Å²) in [4.78, 5) is 0. The third kappa shape index (κ3) is 9.48. The van der Waals surface area contributed by atoms with E-state index in [4.69, 9.17) is 0 Å². The van der Waals surface area contributed by atoms with Crippen molar-refractivity contribution >= 4 is 64.0 Å². The van der Waals surface area contributed by atoms with Gasteiger partial charge in [-0.05, 0) is 38.8 Å². The first kappa shape index (κ1) is 43.3. The Kier molecular flexibility index (Phi) is 17.0. The third-order valence-corrected chi connectivity index (χ3v) is 8.48. The molecule has 7 rings (SSSR count).